The first-order valence-electron chi connectivity index (χ1n) is 10.7. The van der Waals surface area contributed by atoms with Crippen LogP contribution >= 0.6 is 0 Å². The average Bonchev–Trinajstić information content (AvgIpc) is 3.56. The molecule has 0 aliphatic heterocycles. The number of nitrogens with zero attached hydrogens (tertiary/aromatic N) is 3. The van der Waals surface area contributed by atoms with Crippen LogP contribution in [-0.4, -0.2) is 40.5 Å². The normalized spacial score (nSPS) is 10.6. The molecule has 0 fully saturated rings. The number of methoxy groups -OCH3 is 1. The van der Waals surface area contributed by atoms with Gasteiger partial charge in [-0.05, 0) is 48.4 Å². The van der Waals surface area contributed by atoms with Gasteiger partial charge in [-0.3, -0.25) is 14.6 Å². The van der Waals surface area contributed by atoms with E-state index in [0.717, 1.165) is 11.3 Å². The van der Waals surface area contributed by atoms with Crippen LogP contribution in [0.25, 0.3) is 0 Å². The van der Waals surface area contributed by atoms with Crippen LogP contribution in [0.15, 0.2) is 82.2 Å². The third kappa shape index (κ3) is 5.89. The Kier molecular flexibility index (Phi) is 7.34. The van der Waals surface area contributed by atoms with Gasteiger partial charge in [-0.2, -0.15) is 0 Å². The summed E-state index contributed by atoms with van der Waals surface area (Å²) in [4.78, 5) is 31.1. The minimum atomic E-state index is -0.348. The van der Waals surface area contributed by atoms with Crippen molar-refractivity contribution in [2.45, 2.75) is 19.5 Å². The van der Waals surface area contributed by atoms with Crippen LogP contribution in [0.3, 0.4) is 0 Å². The Morgan fingerprint density at radius 2 is 1.88 bits per heavy atom. The Bertz CT molecular complexity index is 1200. The fourth-order valence-corrected chi connectivity index (χ4v) is 3.35. The molecule has 174 valence electrons. The Hall–Kier alpha value is -4.40. The van der Waals surface area contributed by atoms with E-state index in [1.54, 1.807) is 48.7 Å². The number of furan rings is 1. The molecule has 1 aromatic carbocycles. The Morgan fingerprint density at radius 1 is 1.06 bits per heavy atom. The fourth-order valence-electron chi connectivity index (χ4n) is 3.35. The molecule has 3 heterocycles. The van der Waals surface area contributed by atoms with Gasteiger partial charge in [-0.1, -0.05) is 17.3 Å². The summed E-state index contributed by atoms with van der Waals surface area (Å²) in [5.41, 5.74) is 1.66. The van der Waals surface area contributed by atoms with Crippen LogP contribution in [0, 0.1) is 0 Å². The number of hydrogen-bond acceptors (Lipinski definition) is 7. The van der Waals surface area contributed by atoms with Crippen LogP contribution in [0.4, 0.5) is 0 Å². The van der Waals surface area contributed by atoms with Gasteiger partial charge in [0.15, 0.2) is 11.5 Å². The quantitative estimate of drug-likeness (QED) is 0.386. The Labute approximate surface area is 196 Å². The maximum absolute atomic E-state index is 13.0. The van der Waals surface area contributed by atoms with Crippen LogP contribution < -0.4 is 10.1 Å². The van der Waals surface area contributed by atoms with E-state index in [9.17, 15) is 9.59 Å². The number of hydrogen-bond donors (Lipinski definition) is 1. The first-order valence-corrected chi connectivity index (χ1v) is 10.7. The van der Waals surface area contributed by atoms with Crippen LogP contribution in [0.1, 0.15) is 37.9 Å². The van der Waals surface area contributed by atoms with E-state index in [4.69, 9.17) is 13.7 Å². The summed E-state index contributed by atoms with van der Waals surface area (Å²) >= 11 is 0. The zero-order valence-corrected chi connectivity index (χ0v) is 18.6. The first kappa shape index (κ1) is 22.8. The molecule has 0 saturated carbocycles. The lowest BCUT2D eigenvalue weighted by atomic mass is 10.1. The van der Waals surface area contributed by atoms with Crippen molar-refractivity contribution < 1.29 is 23.3 Å². The van der Waals surface area contributed by atoms with Crippen molar-refractivity contribution in [3.8, 4) is 5.75 Å². The molecule has 0 atom stereocenters. The number of carbonyl (C=O) groups excluding carboxylic acids is 2. The van der Waals surface area contributed by atoms with Crippen molar-refractivity contribution in [1.82, 2.24) is 20.4 Å². The number of pyridine rings is 1. The van der Waals surface area contributed by atoms with Crippen molar-refractivity contribution in [3.63, 3.8) is 0 Å². The van der Waals surface area contributed by atoms with Gasteiger partial charge >= 0.3 is 0 Å². The lowest BCUT2D eigenvalue weighted by Gasteiger charge is -2.20. The van der Waals surface area contributed by atoms with E-state index >= 15 is 0 Å². The second-order valence-corrected chi connectivity index (χ2v) is 7.51. The highest BCUT2D eigenvalue weighted by atomic mass is 16.5. The number of carbonyl (C=O) groups is 2. The van der Waals surface area contributed by atoms with Gasteiger partial charge in [0.1, 0.15) is 11.5 Å². The molecule has 34 heavy (non-hydrogen) atoms. The van der Waals surface area contributed by atoms with Crippen molar-refractivity contribution in [1.29, 1.82) is 0 Å². The maximum Gasteiger partial charge on any atom is 0.273 e. The van der Waals surface area contributed by atoms with Gasteiger partial charge in [-0.25, -0.2) is 0 Å². The molecule has 0 radical (unpaired) electrons. The van der Waals surface area contributed by atoms with Crippen LogP contribution in [0.5, 0.6) is 5.75 Å². The smallest absolute Gasteiger partial charge is 0.273 e. The molecule has 9 heteroatoms. The monoisotopic (exact) mass is 460 g/mol. The molecular weight excluding hydrogens is 436 g/mol. The van der Waals surface area contributed by atoms with Crippen molar-refractivity contribution >= 4 is 11.8 Å². The zero-order chi connectivity index (χ0) is 23.8. The fraction of sp³-hybridized carbons (Fsp3) is 0.200. The van der Waals surface area contributed by atoms with Crippen molar-refractivity contribution in [3.05, 3.63) is 102 Å². The molecule has 4 aromatic rings. The second-order valence-electron chi connectivity index (χ2n) is 7.51. The summed E-state index contributed by atoms with van der Waals surface area (Å²) < 4.78 is 15.9. The summed E-state index contributed by atoms with van der Waals surface area (Å²) in [5.74, 6) is 1.19. The van der Waals surface area contributed by atoms with Gasteiger partial charge in [0, 0.05) is 25.0 Å². The van der Waals surface area contributed by atoms with E-state index in [2.05, 4.69) is 15.5 Å². The molecule has 0 unspecified atom stereocenters. The van der Waals surface area contributed by atoms with Gasteiger partial charge < -0.3 is 23.9 Å². The molecule has 1 N–H and O–H groups in total. The number of nitrogens with one attached hydrogen (secondary N) is 1. The summed E-state index contributed by atoms with van der Waals surface area (Å²) in [6.45, 7) is 0.781. The Balaban J connectivity index is 1.37. The minimum Gasteiger partial charge on any atom is -0.497 e. The molecular formula is C25H24N4O5. The summed E-state index contributed by atoms with van der Waals surface area (Å²) in [5, 5.41) is 6.70. The van der Waals surface area contributed by atoms with E-state index in [1.807, 2.05) is 24.3 Å². The van der Waals surface area contributed by atoms with E-state index < -0.39 is 0 Å². The minimum absolute atomic E-state index is 0.112. The lowest BCUT2D eigenvalue weighted by Crippen LogP contribution is -2.30. The summed E-state index contributed by atoms with van der Waals surface area (Å²) in [6, 6.07) is 16.1. The Morgan fingerprint density at radius 3 is 2.59 bits per heavy atom. The van der Waals surface area contributed by atoms with Gasteiger partial charge in [0.25, 0.3) is 11.8 Å². The van der Waals surface area contributed by atoms with E-state index in [0.29, 0.717) is 30.0 Å². The van der Waals surface area contributed by atoms with Crippen LogP contribution in [0.2, 0.25) is 0 Å². The number of amides is 2. The third-order valence-corrected chi connectivity index (χ3v) is 5.12. The van der Waals surface area contributed by atoms with Gasteiger partial charge in [-0.15, -0.1) is 0 Å². The summed E-state index contributed by atoms with van der Waals surface area (Å²) in [6.07, 6.45) is 5.31. The SMILES string of the molecule is COc1ccc(CCNC(=O)c2cc(CN(Cc3ccco3)C(=O)c3cccnc3)on2)cc1. The molecule has 0 spiro atoms. The maximum atomic E-state index is 13.0. The number of rotatable bonds is 10. The number of benzene rings is 1. The molecule has 9 nitrogen and oxygen atoms in total. The standard InChI is InChI=1S/C25H24N4O5/c1-32-20-8-6-18(7-9-20)10-12-27-24(30)23-14-22(34-28-23)17-29(16-21-5-3-13-33-21)25(31)19-4-2-11-26-15-19/h2-9,11,13-15H,10,12,16-17H2,1H3,(H,27,30). The average molecular weight is 460 g/mol. The summed E-state index contributed by atoms with van der Waals surface area (Å²) in [7, 11) is 1.62. The van der Waals surface area contributed by atoms with Gasteiger partial charge in [0.2, 0.25) is 0 Å². The highest BCUT2D eigenvalue weighted by molar-refractivity contribution is 5.94. The molecule has 0 saturated heterocycles. The van der Waals surface area contributed by atoms with E-state index in [-0.39, 0.29) is 30.6 Å². The molecule has 0 aliphatic rings. The number of ether oxygens (including phenoxy) is 1. The molecule has 3 aromatic heterocycles. The van der Waals surface area contributed by atoms with Crippen molar-refractivity contribution in [2.75, 3.05) is 13.7 Å². The molecule has 4 rings (SSSR count). The lowest BCUT2D eigenvalue weighted by molar-refractivity contribution is 0.0699. The molecule has 0 aliphatic carbocycles. The topological polar surface area (TPSA) is 111 Å². The first-order chi connectivity index (χ1) is 16.6. The third-order valence-electron chi connectivity index (χ3n) is 5.12. The predicted octanol–water partition coefficient (Wildman–Crippen LogP) is 3.49. The van der Waals surface area contributed by atoms with Crippen LogP contribution in [-0.2, 0) is 19.5 Å². The predicted molar refractivity (Wildman–Crippen MR) is 122 cm³/mol. The van der Waals surface area contributed by atoms with Crippen molar-refractivity contribution in [2.24, 2.45) is 0 Å². The molecule has 2 amide bonds. The largest absolute Gasteiger partial charge is 0.497 e. The highest BCUT2D eigenvalue weighted by Gasteiger charge is 2.21. The zero-order valence-electron chi connectivity index (χ0n) is 18.6. The van der Waals surface area contributed by atoms with Gasteiger partial charge in [0.05, 0.1) is 32.0 Å². The van der Waals surface area contributed by atoms with E-state index in [1.165, 1.54) is 12.3 Å². The highest BCUT2D eigenvalue weighted by Crippen LogP contribution is 2.16. The number of aromatic nitrogens is 2. The molecule has 0 bridgehead atoms. The second kappa shape index (κ2) is 11.0.